The van der Waals surface area contributed by atoms with Gasteiger partial charge in [0.05, 0.1) is 6.10 Å². The third-order valence-electron chi connectivity index (χ3n) is 2.92. The smallest absolute Gasteiger partial charge is 0.123 e. The molecule has 2 nitrogen and oxygen atoms in total. The Hall–Kier alpha value is -0.370. The van der Waals surface area contributed by atoms with Crippen molar-refractivity contribution in [3.05, 3.63) is 0 Å². The molecule has 1 rings (SSSR count). The lowest BCUT2D eigenvalue weighted by molar-refractivity contribution is -0.114. The average molecular weight is 156 g/mol. The van der Waals surface area contributed by atoms with Crippen molar-refractivity contribution in [1.29, 1.82) is 0 Å². The van der Waals surface area contributed by atoms with Gasteiger partial charge in [-0.2, -0.15) is 0 Å². The molecule has 0 aromatic carbocycles. The summed E-state index contributed by atoms with van der Waals surface area (Å²) in [5, 5.41) is 9.49. The molecule has 0 saturated heterocycles. The van der Waals surface area contributed by atoms with E-state index < -0.39 is 0 Å². The Balaban J connectivity index is 2.54. The fourth-order valence-corrected chi connectivity index (χ4v) is 1.80. The van der Waals surface area contributed by atoms with Crippen LogP contribution in [0.3, 0.4) is 0 Å². The van der Waals surface area contributed by atoms with Crippen molar-refractivity contribution in [2.45, 2.75) is 32.8 Å². The number of aldehydes is 1. The number of hydrogen-bond acceptors (Lipinski definition) is 2. The van der Waals surface area contributed by atoms with Gasteiger partial charge in [-0.1, -0.05) is 13.8 Å². The van der Waals surface area contributed by atoms with Crippen LogP contribution in [0.4, 0.5) is 0 Å². The standard InChI is InChI=1S/C9H16O2/c1-6-3-8(5-10)4-9(11)7(6)2/h5-9,11H,3-4H2,1-2H3. The molecule has 4 atom stereocenters. The molecule has 0 bridgehead atoms. The van der Waals surface area contributed by atoms with Crippen molar-refractivity contribution in [1.82, 2.24) is 0 Å². The molecule has 1 saturated carbocycles. The molecule has 0 heterocycles. The summed E-state index contributed by atoms with van der Waals surface area (Å²) in [6.45, 7) is 4.15. The van der Waals surface area contributed by atoms with Crippen molar-refractivity contribution in [2.24, 2.45) is 17.8 Å². The van der Waals surface area contributed by atoms with E-state index in [0.717, 1.165) is 12.7 Å². The molecule has 1 aliphatic carbocycles. The van der Waals surface area contributed by atoms with Gasteiger partial charge in [0.1, 0.15) is 6.29 Å². The van der Waals surface area contributed by atoms with Gasteiger partial charge >= 0.3 is 0 Å². The minimum atomic E-state index is -0.269. The van der Waals surface area contributed by atoms with E-state index in [1.807, 2.05) is 0 Å². The maximum atomic E-state index is 10.4. The van der Waals surface area contributed by atoms with E-state index >= 15 is 0 Å². The summed E-state index contributed by atoms with van der Waals surface area (Å²) < 4.78 is 0. The number of aliphatic hydroxyl groups is 1. The molecule has 0 aromatic heterocycles. The molecule has 0 amide bonds. The summed E-state index contributed by atoms with van der Waals surface area (Å²) in [5.41, 5.74) is 0. The number of rotatable bonds is 1. The van der Waals surface area contributed by atoms with Crippen LogP contribution in [0.25, 0.3) is 0 Å². The van der Waals surface area contributed by atoms with E-state index in [1.54, 1.807) is 0 Å². The average Bonchev–Trinajstić information content (AvgIpc) is 1.99. The quantitative estimate of drug-likeness (QED) is 0.580. The van der Waals surface area contributed by atoms with Crippen LogP contribution in [0, 0.1) is 17.8 Å². The third kappa shape index (κ3) is 1.80. The van der Waals surface area contributed by atoms with Crippen LogP contribution in [-0.2, 0) is 4.79 Å². The second-order valence-corrected chi connectivity index (χ2v) is 3.77. The van der Waals surface area contributed by atoms with Gasteiger partial charge in [-0.3, -0.25) is 0 Å². The van der Waals surface area contributed by atoms with Gasteiger partial charge in [-0.25, -0.2) is 0 Å². The molecule has 0 aromatic rings. The van der Waals surface area contributed by atoms with Gasteiger partial charge in [0, 0.05) is 5.92 Å². The Morgan fingerprint density at radius 1 is 1.36 bits per heavy atom. The molecule has 11 heavy (non-hydrogen) atoms. The molecule has 1 aliphatic rings. The Labute approximate surface area is 67.6 Å². The Morgan fingerprint density at radius 2 is 2.00 bits per heavy atom. The zero-order chi connectivity index (χ0) is 8.43. The zero-order valence-corrected chi connectivity index (χ0v) is 7.16. The summed E-state index contributed by atoms with van der Waals surface area (Å²) in [7, 11) is 0. The lowest BCUT2D eigenvalue weighted by atomic mass is 9.74. The van der Waals surface area contributed by atoms with E-state index in [0.29, 0.717) is 18.3 Å². The monoisotopic (exact) mass is 156 g/mol. The highest BCUT2D eigenvalue weighted by molar-refractivity contribution is 5.53. The van der Waals surface area contributed by atoms with Crippen LogP contribution >= 0.6 is 0 Å². The number of carbonyl (C=O) groups is 1. The molecule has 1 N–H and O–H groups in total. The highest BCUT2D eigenvalue weighted by Crippen LogP contribution is 2.32. The SMILES string of the molecule is CC1CC(C=O)CC(O)C1C. The summed E-state index contributed by atoms with van der Waals surface area (Å²) in [6, 6.07) is 0. The van der Waals surface area contributed by atoms with Gasteiger partial charge in [0.25, 0.3) is 0 Å². The van der Waals surface area contributed by atoms with Crippen molar-refractivity contribution in [2.75, 3.05) is 0 Å². The first-order valence-electron chi connectivity index (χ1n) is 4.28. The van der Waals surface area contributed by atoms with E-state index in [1.165, 1.54) is 0 Å². The van der Waals surface area contributed by atoms with E-state index in [2.05, 4.69) is 13.8 Å². The van der Waals surface area contributed by atoms with Gasteiger partial charge in [-0.05, 0) is 24.7 Å². The summed E-state index contributed by atoms with van der Waals surface area (Å²) in [4.78, 5) is 10.4. The molecule has 0 radical (unpaired) electrons. The number of aliphatic hydroxyl groups excluding tert-OH is 1. The largest absolute Gasteiger partial charge is 0.393 e. The Kier molecular flexibility index (Phi) is 2.66. The van der Waals surface area contributed by atoms with Crippen LogP contribution in [0.5, 0.6) is 0 Å². The zero-order valence-electron chi connectivity index (χ0n) is 7.16. The van der Waals surface area contributed by atoms with E-state index in [-0.39, 0.29) is 12.0 Å². The predicted octanol–water partition coefficient (Wildman–Crippen LogP) is 1.23. The molecule has 4 unspecified atom stereocenters. The normalized spacial score (nSPS) is 45.4. The third-order valence-corrected chi connectivity index (χ3v) is 2.92. The number of hydrogen-bond donors (Lipinski definition) is 1. The second-order valence-electron chi connectivity index (χ2n) is 3.77. The minimum absolute atomic E-state index is 0.0937. The van der Waals surface area contributed by atoms with Gasteiger partial charge < -0.3 is 9.90 Å². The predicted molar refractivity (Wildman–Crippen MR) is 43.1 cm³/mol. The Morgan fingerprint density at radius 3 is 2.45 bits per heavy atom. The molecule has 0 spiro atoms. The fourth-order valence-electron chi connectivity index (χ4n) is 1.80. The van der Waals surface area contributed by atoms with Gasteiger partial charge in [0.15, 0.2) is 0 Å². The minimum Gasteiger partial charge on any atom is -0.393 e. The maximum Gasteiger partial charge on any atom is 0.123 e. The second kappa shape index (κ2) is 3.35. The van der Waals surface area contributed by atoms with Crippen molar-refractivity contribution in [3.63, 3.8) is 0 Å². The number of carbonyl (C=O) groups excluding carboxylic acids is 1. The topological polar surface area (TPSA) is 37.3 Å². The fraction of sp³-hybridized carbons (Fsp3) is 0.889. The maximum absolute atomic E-state index is 10.4. The van der Waals surface area contributed by atoms with Crippen LogP contribution in [0.2, 0.25) is 0 Å². The van der Waals surface area contributed by atoms with Gasteiger partial charge in [-0.15, -0.1) is 0 Å². The van der Waals surface area contributed by atoms with Crippen molar-refractivity contribution in [3.8, 4) is 0 Å². The first-order chi connectivity index (χ1) is 5.15. The summed E-state index contributed by atoms with van der Waals surface area (Å²) in [5.74, 6) is 0.927. The van der Waals surface area contributed by atoms with E-state index in [4.69, 9.17) is 0 Å². The Bertz CT molecular complexity index is 132. The van der Waals surface area contributed by atoms with Crippen LogP contribution in [-0.4, -0.2) is 17.5 Å². The highest BCUT2D eigenvalue weighted by atomic mass is 16.3. The van der Waals surface area contributed by atoms with Crippen LogP contribution < -0.4 is 0 Å². The molecule has 2 heteroatoms. The summed E-state index contributed by atoms with van der Waals surface area (Å²) in [6.07, 6.45) is 2.32. The van der Waals surface area contributed by atoms with E-state index in [9.17, 15) is 9.90 Å². The van der Waals surface area contributed by atoms with Crippen molar-refractivity contribution >= 4 is 6.29 Å². The van der Waals surface area contributed by atoms with Gasteiger partial charge in [0.2, 0.25) is 0 Å². The molecular weight excluding hydrogens is 140 g/mol. The molecule has 64 valence electrons. The lowest BCUT2D eigenvalue weighted by Gasteiger charge is -2.33. The van der Waals surface area contributed by atoms with Crippen molar-refractivity contribution < 1.29 is 9.90 Å². The van der Waals surface area contributed by atoms with Crippen LogP contribution in [0.15, 0.2) is 0 Å². The van der Waals surface area contributed by atoms with Crippen LogP contribution in [0.1, 0.15) is 26.7 Å². The first-order valence-corrected chi connectivity index (χ1v) is 4.28. The first kappa shape index (κ1) is 8.72. The highest BCUT2D eigenvalue weighted by Gasteiger charge is 2.30. The summed E-state index contributed by atoms with van der Waals surface area (Å²) >= 11 is 0. The molecular formula is C9H16O2. The lowest BCUT2D eigenvalue weighted by Crippen LogP contribution is -2.33. The molecule has 1 fully saturated rings. The molecule has 0 aliphatic heterocycles.